The van der Waals surface area contributed by atoms with Crippen molar-refractivity contribution in [1.29, 1.82) is 5.26 Å². The molecular weight excluding hydrogens is 307 g/mol. The van der Waals surface area contributed by atoms with Gasteiger partial charge in [-0.05, 0) is 42.3 Å². The Morgan fingerprint density at radius 2 is 1.86 bits per heavy atom. The normalized spacial score (nSPS) is 11.8. The van der Waals surface area contributed by atoms with Crippen LogP contribution in [0.3, 0.4) is 0 Å². The van der Waals surface area contributed by atoms with Gasteiger partial charge < -0.3 is 10.4 Å². The number of hydrogen-bond acceptors (Lipinski definition) is 3. The molecule has 0 fully saturated rings. The molecule has 0 radical (unpaired) electrons. The van der Waals surface area contributed by atoms with E-state index < -0.39 is 6.10 Å². The van der Waals surface area contributed by atoms with E-state index in [1.54, 1.807) is 36.4 Å². The van der Waals surface area contributed by atoms with Gasteiger partial charge >= 0.3 is 0 Å². The first-order valence-corrected chi connectivity index (χ1v) is 7.14. The predicted octanol–water partition coefficient (Wildman–Crippen LogP) is 4.32. The van der Waals surface area contributed by atoms with Crippen molar-refractivity contribution < 1.29 is 5.11 Å². The third-order valence-corrected chi connectivity index (χ3v) is 3.88. The van der Waals surface area contributed by atoms with Crippen LogP contribution in [-0.4, -0.2) is 11.7 Å². The van der Waals surface area contributed by atoms with E-state index in [4.69, 9.17) is 28.5 Å². The fourth-order valence-corrected chi connectivity index (χ4v) is 2.33. The lowest BCUT2D eigenvalue weighted by Gasteiger charge is -2.15. The average Bonchev–Trinajstić information content (AvgIpc) is 2.49. The Morgan fingerprint density at radius 3 is 2.48 bits per heavy atom. The Labute approximate surface area is 133 Å². The van der Waals surface area contributed by atoms with Crippen LogP contribution < -0.4 is 5.32 Å². The summed E-state index contributed by atoms with van der Waals surface area (Å²) in [6, 6.07) is 12.4. The molecule has 5 heteroatoms. The number of nitriles is 1. The quantitative estimate of drug-likeness (QED) is 0.882. The predicted molar refractivity (Wildman–Crippen MR) is 85.8 cm³/mol. The zero-order valence-electron chi connectivity index (χ0n) is 11.4. The number of hydrogen-bond donors (Lipinski definition) is 2. The number of halogens is 2. The second-order valence-corrected chi connectivity index (χ2v) is 5.53. The van der Waals surface area contributed by atoms with Crippen LogP contribution in [0.15, 0.2) is 36.4 Å². The lowest BCUT2D eigenvalue weighted by atomic mass is 10.1. The number of aryl methyl sites for hydroxylation is 1. The second-order valence-electron chi connectivity index (χ2n) is 4.71. The van der Waals surface area contributed by atoms with Gasteiger partial charge in [0.25, 0.3) is 0 Å². The largest absolute Gasteiger partial charge is 0.387 e. The summed E-state index contributed by atoms with van der Waals surface area (Å²) in [5.41, 5.74) is 2.88. The molecule has 0 aliphatic carbocycles. The van der Waals surface area contributed by atoms with Crippen LogP contribution in [0.2, 0.25) is 10.0 Å². The van der Waals surface area contributed by atoms with E-state index in [0.717, 1.165) is 11.1 Å². The summed E-state index contributed by atoms with van der Waals surface area (Å²) in [5.74, 6) is 0. The first-order valence-electron chi connectivity index (χ1n) is 6.39. The summed E-state index contributed by atoms with van der Waals surface area (Å²) >= 11 is 12.2. The van der Waals surface area contributed by atoms with Gasteiger partial charge in [0.05, 0.1) is 28.4 Å². The molecule has 0 saturated heterocycles. The van der Waals surface area contributed by atoms with Crippen LogP contribution in [-0.2, 0) is 0 Å². The van der Waals surface area contributed by atoms with E-state index in [2.05, 4.69) is 5.32 Å². The van der Waals surface area contributed by atoms with Crippen molar-refractivity contribution in [2.45, 2.75) is 13.0 Å². The molecule has 0 heterocycles. The van der Waals surface area contributed by atoms with E-state index in [0.29, 0.717) is 27.8 Å². The monoisotopic (exact) mass is 320 g/mol. The number of benzene rings is 2. The van der Waals surface area contributed by atoms with Gasteiger partial charge in [-0.2, -0.15) is 5.26 Å². The number of aliphatic hydroxyl groups excluding tert-OH is 1. The van der Waals surface area contributed by atoms with Gasteiger partial charge in [0, 0.05) is 11.6 Å². The Morgan fingerprint density at radius 1 is 1.19 bits per heavy atom. The summed E-state index contributed by atoms with van der Waals surface area (Å²) in [6.07, 6.45) is -0.700. The van der Waals surface area contributed by atoms with Gasteiger partial charge in [-0.15, -0.1) is 0 Å². The topological polar surface area (TPSA) is 56.0 Å². The minimum Gasteiger partial charge on any atom is -0.387 e. The van der Waals surface area contributed by atoms with Crippen LogP contribution in [0.25, 0.3) is 0 Å². The Kier molecular flexibility index (Phi) is 5.08. The maximum atomic E-state index is 10.1. The molecule has 0 saturated carbocycles. The van der Waals surface area contributed by atoms with Gasteiger partial charge in [-0.25, -0.2) is 0 Å². The summed E-state index contributed by atoms with van der Waals surface area (Å²) in [7, 11) is 0. The first-order chi connectivity index (χ1) is 10.0. The van der Waals surface area contributed by atoms with Crippen LogP contribution >= 0.6 is 23.2 Å². The van der Waals surface area contributed by atoms with Gasteiger partial charge in [-0.1, -0.05) is 35.3 Å². The molecule has 0 aromatic heterocycles. The molecule has 0 amide bonds. The van der Waals surface area contributed by atoms with Crippen LogP contribution in [0.1, 0.15) is 22.8 Å². The van der Waals surface area contributed by atoms with Crippen molar-refractivity contribution in [3.05, 3.63) is 63.1 Å². The molecular formula is C16H14Cl2N2O. The Bertz CT molecular complexity index is 678. The number of nitrogens with one attached hydrogen (secondary N) is 1. The third kappa shape index (κ3) is 3.89. The summed E-state index contributed by atoms with van der Waals surface area (Å²) in [5, 5.41) is 23.1. The van der Waals surface area contributed by atoms with Gasteiger partial charge in [0.2, 0.25) is 0 Å². The zero-order chi connectivity index (χ0) is 15.4. The molecule has 1 unspecified atom stereocenters. The van der Waals surface area contributed by atoms with Crippen molar-refractivity contribution in [3.8, 4) is 6.07 Å². The minimum atomic E-state index is -0.700. The number of anilines is 1. The van der Waals surface area contributed by atoms with Crippen molar-refractivity contribution in [2.75, 3.05) is 11.9 Å². The molecule has 2 aromatic rings. The number of aliphatic hydroxyl groups is 1. The zero-order valence-corrected chi connectivity index (χ0v) is 12.9. The van der Waals surface area contributed by atoms with Gasteiger partial charge in [-0.3, -0.25) is 0 Å². The molecule has 0 spiro atoms. The van der Waals surface area contributed by atoms with Crippen molar-refractivity contribution >= 4 is 28.9 Å². The SMILES string of the molecule is Cc1cc(Cl)c(NCC(O)c2ccc(C#N)cc2)cc1Cl. The fourth-order valence-electron chi connectivity index (χ4n) is 1.89. The molecule has 2 aromatic carbocycles. The number of rotatable bonds is 4. The van der Waals surface area contributed by atoms with Crippen molar-refractivity contribution in [1.82, 2.24) is 0 Å². The molecule has 21 heavy (non-hydrogen) atoms. The first kappa shape index (κ1) is 15.7. The second kappa shape index (κ2) is 6.82. The highest BCUT2D eigenvalue weighted by atomic mass is 35.5. The average molecular weight is 321 g/mol. The maximum Gasteiger partial charge on any atom is 0.0991 e. The van der Waals surface area contributed by atoms with Crippen LogP contribution in [0.5, 0.6) is 0 Å². The number of nitrogens with zero attached hydrogens (tertiary/aromatic N) is 1. The van der Waals surface area contributed by atoms with Crippen LogP contribution in [0.4, 0.5) is 5.69 Å². The summed E-state index contributed by atoms with van der Waals surface area (Å²) in [6.45, 7) is 2.18. The van der Waals surface area contributed by atoms with E-state index in [1.807, 2.05) is 13.0 Å². The Balaban J connectivity index is 2.05. The standard InChI is InChI=1S/C16H14Cl2N2O/c1-10-6-14(18)15(7-13(10)17)20-9-16(21)12-4-2-11(8-19)3-5-12/h2-7,16,20-21H,9H2,1H3. The van der Waals surface area contributed by atoms with Gasteiger partial charge in [0.15, 0.2) is 0 Å². The van der Waals surface area contributed by atoms with E-state index >= 15 is 0 Å². The smallest absolute Gasteiger partial charge is 0.0991 e. The maximum absolute atomic E-state index is 10.1. The summed E-state index contributed by atoms with van der Waals surface area (Å²) < 4.78 is 0. The summed E-state index contributed by atoms with van der Waals surface area (Å²) in [4.78, 5) is 0. The van der Waals surface area contributed by atoms with E-state index in [9.17, 15) is 5.11 Å². The minimum absolute atomic E-state index is 0.297. The lowest BCUT2D eigenvalue weighted by molar-refractivity contribution is 0.191. The van der Waals surface area contributed by atoms with Crippen molar-refractivity contribution in [3.63, 3.8) is 0 Å². The van der Waals surface area contributed by atoms with Crippen molar-refractivity contribution in [2.24, 2.45) is 0 Å². The third-order valence-electron chi connectivity index (χ3n) is 3.16. The molecule has 108 valence electrons. The molecule has 0 aliphatic heterocycles. The molecule has 0 bridgehead atoms. The molecule has 2 rings (SSSR count). The molecule has 0 aliphatic rings. The fraction of sp³-hybridized carbons (Fsp3) is 0.188. The Hall–Kier alpha value is -1.73. The molecule has 1 atom stereocenters. The molecule has 3 nitrogen and oxygen atoms in total. The highest BCUT2D eigenvalue weighted by Crippen LogP contribution is 2.29. The molecule has 2 N–H and O–H groups in total. The van der Waals surface area contributed by atoms with Crippen LogP contribution in [0, 0.1) is 18.3 Å². The highest BCUT2D eigenvalue weighted by molar-refractivity contribution is 6.35. The van der Waals surface area contributed by atoms with Gasteiger partial charge in [0.1, 0.15) is 0 Å². The highest BCUT2D eigenvalue weighted by Gasteiger charge is 2.10. The van der Waals surface area contributed by atoms with E-state index in [-0.39, 0.29) is 0 Å². The van der Waals surface area contributed by atoms with E-state index in [1.165, 1.54) is 0 Å². The lowest BCUT2D eigenvalue weighted by Crippen LogP contribution is -2.12.